The topological polar surface area (TPSA) is 77.8 Å². The lowest BCUT2D eigenvalue weighted by atomic mass is 10.1. The number of unbranched alkanes of at least 4 members (excludes halogenated alkanes) is 2. The first-order valence-electron chi connectivity index (χ1n) is 8.67. The summed E-state index contributed by atoms with van der Waals surface area (Å²) in [4.78, 5) is 24.2. The van der Waals surface area contributed by atoms with Gasteiger partial charge in [-0.15, -0.1) is 0 Å². The summed E-state index contributed by atoms with van der Waals surface area (Å²) >= 11 is 1.61. The van der Waals surface area contributed by atoms with Crippen LogP contribution in [0.2, 0.25) is 0 Å². The van der Waals surface area contributed by atoms with E-state index in [2.05, 4.69) is 6.92 Å². The summed E-state index contributed by atoms with van der Waals surface area (Å²) in [5, 5.41) is 18.5. The van der Waals surface area contributed by atoms with E-state index in [0.717, 1.165) is 43.9 Å². The third kappa shape index (κ3) is 8.55. The summed E-state index contributed by atoms with van der Waals surface area (Å²) in [6.45, 7) is 2.80. The van der Waals surface area contributed by atoms with Crippen molar-refractivity contribution in [3.05, 3.63) is 24.3 Å². The molecule has 0 aromatic rings. The zero-order valence-electron chi connectivity index (χ0n) is 14.4. The third-order valence-electron chi connectivity index (χ3n) is 3.98. The van der Waals surface area contributed by atoms with E-state index in [1.807, 2.05) is 17.1 Å². The molecule has 1 heterocycles. The fraction of sp³-hybridized carbons (Fsp3) is 0.667. The van der Waals surface area contributed by atoms with Crippen LogP contribution in [-0.2, 0) is 9.59 Å². The van der Waals surface area contributed by atoms with Crippen molar-refractivity contribution >= 4 is 23.6 Å². The Morgan fingerprint density at radius 3 is 2.96 bits per heavy atom. The fourth-order valence-electron chi connectivity index (χ4n) is 2.67. The standard InChI is InChI=1S/C18H29NO4S/c1-2-3-4-6-16(20)10-8-15-9-11-17(21)19(15)12-14-24-13-5-7-18(22)23/h5,7-8,10,15-16,20H,2-4,6,9,11-14H2,1H3,(H,22,23)/t15-,16-/m0/s1. The van der Waals surface area contributed by atoms with Crippen molar-refractivity contribution in [3.63, 3.8) is 0 Å². The number of hydrogen-bond donors (Lipinski definition) is 2. The number of aliphatic hydroxyl groups excluding tert-OH is 1. The Labute approximate surface area is 148 Å². The van der Waals surface area contributed by atoms with Gasteiger partial charge >= 0.3 is 5.97 Å². The molecule has 24 heavy (non-hydrogen) atoms. The van der Waals surface area contributed by atoms with Crippen molar-refractivity contribution < 1.29 is 19.8 Å². The highest BCUT2D eigenvalue weighted by molar-refractivity contribution is 7.99. The highest BCUT2D eigenvalue weighted by Gasteiger charge is 2.28. The highest BCUT2D eigenvalue weighted by Crippen LogP contribution is 2.21. The lowest BCUT2D eigenvalue weighted by molar-refractivity contribution is -0.131. The number of aliphatic hydroxyl groups is 1. The zero-order chi connectivity index (χ0) is 17.8. The Balaban J connectivity index is 2.33. The molecule has 1 saturated heterocycles. The van der Waals surface area contributed by atoms with E-state index in [-0.39, 0.29) is 11.9 Å². The van der Waals surface area contributed by atoms with Gasteiger partial charge in [-0.05, 0) is 12.8 Å². The number of rotatable bonds is 12. The Morgan fingerprint density at radius 2 is 2.25 bits per heavy atom. The van der Waals surface area contributed by atoms with Crippen molar-refractivity contribution in [3.8, 4) is 0 Å². The molecule has 5 nitrogen and oxygen atoms in total. The first-order valence-corrected chi connectivity index (χ1v) is 9.83. The summed E-state index contributed by atoms with van der Waals surface area (Å²) in [6, 6.07) is 0.0773. The van der Waals surface area contributed by atoms with E-state index in [0.29, 0.717) is 18.7 Å². The molecule has 0 unspecified atom stereocenters. The molecule has 6 heteroatoms. The van der Waals surface area contributed by atoms with Crippen LogP contribution in [0.4, 0.5) is 0 Å². The van der Waals surface area contributed by atoms with Gasteiger partial charge in [0.25, 0.3) is 0 Å². The Hall–Kier alpha value is -1.27. The largest absolute Gasteiger partial charge is 0.478 e. The molecule has 0 spiro atoms. The SMILES string of the molecule is CCCCC[C@H](O)C=C[C@H]1CCC(=O)N1CCSCC=CC(=O)O. The maximum atomic E-state index is 12.0. The predicted molar refractivity (Wildman–Crippen MR) is 98.1 cm³/mol. The number of carboxylic acid groups (broad SMARTS) is 1. The van der Waals surface area contributed by atoms with Crippen molar-refractivity contribution in [2.45, 2.75) is 57.6 Å². The fourth-order valence-corrected chi connectivity index (χ4v) is 3.39. The number of carbonyl (C=O) groups is 2. The number of carbonyl (C=O) groups excluding carboxylic acids is 1. The van der Waals surface area contributed by atoms with Gasteiger partial charge in [0.15, 0.2) is 0 Å². The maximum Gasteiger partial charge on any atom is 0.328 e. The van der Waals surface area contributed by atoms with Gasteiger partial charge in [0.05, 0.1) is 12.1 Å². The Kier molecular flexibility index (Phi) is 10.5. The number of amides is 1. The quantitative estimate of drug-likeness (QED) is 0.320. The molecular weight excluding hydrogens is 326 g/mol. The number of nitrogens with zero attached hydrogens (tertiary/aromatic N) is 1. The van der Waals surface area contributed by atoms with Crippen LogP contribution in [-0.4, -0.2) is 57.2 Å². The van der Waals surface area contributed by atoms with Gasteiger partial charge in [0.2, 0.25) is 5.91 Å². The summed E-state index contributed by atoms with van der Waals surface area (Å²) < 4.78 is 0. The van der Waals surface area contributed by atoms with Crippen LogP contribution in [0, 0.1) is 0 Å². The smallest absolute Gasteiger partial charge is 0.328 e. The van der Waals surface area contributed by atoms with Gasteiger partial charge < -0.3 is 15.1 Å². The first kappa shape index (κ1) is 20.8. The van der Waals surface area contributed by atoms with E-state index in [1.165, 1.54) is 0 Å². The van der Waals surface area contributed by atoms with Crippen LogP contribution < -0.4 is 0 Å². The molecule has 2 atom stereocenters. The zero-order valence-corrected chi connectivity index (χ0v) is 15.2. The van der Waals surface area contributed by atoms with Crippen molar-refractivity contribution in [2.75, 3.05) is 18.1 Å². The van der Waals surface area contributed by atoms with Crippen LogP contribution in [0.1, 0.15) is 45.4 Å². The molecule has 1 rings (SSSR count). The number of aliphatic carboxylic acids is 1. The minimum Gasteiger partial charge on any atom is -0.478 e. The molecule has 0 aromatic carbocycles. The second-order valence-electron chi connectivity index (χ2n) is 5.96. The molecule has 0 aromatic heterocycles. The lowest BCUT2D eigenvalue weighted by Crippen LogP contribution is -2.34. The van der Waals surface area contributed by atoms with Crippen LogP contribution in [0.5, 0.6) is 0 Å². The van der Waals surface area contributed by atoms with E-state index in [9.17, 15) is 14.7 Å². The number of hydrogen-bond acceptors (Lipinski definition) is 4. The Bertz CT molecular complexity index is 450. The molecule has 1 aliphatic heterocycles. The van der Waals surface area contributed by atoms with Crippen LogP contribution in [0.3, 0.4) is 0 Å². The van der Waals surface area contributed by atoms with E-state index < -0.39 is 12.1 Å². The predicted octanol–water partition coefficient (Wildman–Crippen LogP) is 2.85. The van der Waals surface area contributed by atoms with Crippen LogP contribution in [0.25, 0.3) is 0 Å². The lowest BCUT2D eigenvalue weighted by Gasteiger charge is -2.22. The molecule has 136 valence electrons. The Morgan fingerprint density at radius 1 is 1.46 bits per heavy atom. The first-order chi connectivity index (χ1) is 11.5. The van der Waals surface area contributed by atoms with E-state index >= 15 is 0 Å². The summed E-state index contributed by atoms with van der Waals surface area (Å²) in [5.74, 6) is 0.629. The minimum atomic E-state index is -0.937. The number of thioether (sulfide) groups is 1. The highest BCUT2D eigenvalue weighted by atomic mass is 32.2. The van der Waals surface area contributed by atoms with E-state index in [4.69, 9.17) is 5.11 Å². The molecule has 0 saturated carbocycles. The molecule has 0 bridgehead atoms. The normalized spacial score (nSPS) is 19.7. The number of likely N-dealkylation sites (tertiary alicyclic amines) is 1. The third-order valence-corrected chi connectivity index (χ3v) is 4.88. The van der Waals surface area contributed by atoms with Gasteiger partial charge in [-0.1, -0.05) is 44.4 Å². The summed E-state index contributed by atoms with van der Waals surface area (Å²) in [6.07, 6.45) is 11.6. The summed E-state index contributed by atoms with van der Waals surface area (Å²) in [7, 11) is 0. The molecule has 1 fully saturated rings. The van der Waals surface area contributed by atoms with Crippen molar-refractivity contribution in [1.82, 2.24) is 4.90 Å². The van der Waals surface area contributed by atoms with Gasteiger partial charge in [-0.25, -0.2) is 4.79 Å². The molecule has 0 radical (unpaired) electrons. The van der Waals surface area contributed by atoms with Gasteiger partial charge in [-0.2, -0.15) is 11.8 Å². The van der Waals surface area contributed by atoms with Gasteiger partial charge in [0, 0.05) is 30.5 Å². The molecule has 1 aliphatic rings. The molecule has 2 N–H and O–H groups in total. The van der Waals surface area contributed by atoms with Crippen molar-refractivity contribution in [2.24, 2.45) is 0 Å². The summed E-state index contributed by atoms with van der Waals surface area (Å²) in [5.41, 5.74) is 0. The van der Waals surface area contributed by atoms with E-state index in [1.54, 1.807) is 17.8 Å². The second-order valence-corrected chi connectivity index (χ2v) is 7.11. The average molecular weight is 356 g/mol. The van der Waals surface area contributed by atoms with Gasteiger partial charge in [0.1, 0.15) is 0 Å². The number of carboxylic acids is 1. The molecular formula is C18H29NO4S. The monoisotopic (exact) mass is 355 g/mol. The van der Waals surface area contributed by atoms with Crippen LogP contribution >= 0.6 is 11.8 Å². The molecule has 1 amide bonds. The van der Waals surface area contributed by atoms with Gasteiger partial charge in [-0.3, -0.25) is 4.79 Å². The second kappa shape index (κ2) is 12.1. The maximum absolute atomic E-state index is 12.0. The minimum absolute atomic E-state index is 0.0773. The van der Waals surface area contributed by atoms with Crippen molar-refractivity contribution in [1.29, 1.82) is 0 Å². The average Bonchev–Trinajstić information content (AvgIpc) is 2.89. The van der Waals surface area contributed by atoms with Crippen LogP contribution in [0.15, 0.2) is 24.3 Å². The molecule has 0 aliphatic carbocycles.